The Labute approximate surface area is 185 Å². The molecule has 2 aliphatic rings. The number of rotatable bonds is 6. The van der Waals surface area contributed by atoms with E-state index in [9.17, 15) is 13.2 Å². The van der Waals surface area contributed by atoms with Gasteiger partial charge in [0.05, 0.1) is 4.90 Å². The highest BCUT2D eigenvalue weighted by Gasteiger charge is 2.27. The van der Waals surface area contributed by atoms with Gasteiger partial charge in [-0.05, 0) is 68.6 Å². The third-order valence-electron chi connectivity index (χ3n) is 6.28. The molecule has 0 spiro atoms. The quantitative estimate of drug-likeness (QED) is 0.742. The lowest BCUT2D eigenvalue weighted by Crippen LogP contribution is -2.37. The van der Waals surface area contributed by atoms with Gasteiger partial charge in [-0.2, -0.15) is 4.31 Å². The summed E-state index contributed by atoms with van der Waals surface area (Å²) in [5, 5.41) is 2.97. The highest BCUT2D eigenvalue weighted by atomic mass is 32.2. The summed E-state index contributed by atoms with van der Waals surface area (Å²) in [6, 6.07) is 17.0. The van der Waals surface area contributed by atoms with Crippen molar-refractivity contribution in [2.45, 2.75) is 43.5 Å². The molecule has 0 bridgehead atoms. The number of hydrogen-bond donors (Lipinski definition) is 1. The summed E-state index contributed by atoms with van der Waals surface area (Å²) in [7, 11) is -3.44. The van der Waals surface area contributed by atoms with Crippen LogP contribution in [0.4, 0.5) is 5.69 Å². The van der Waals surface area contributed by atoms with Crippen LogP contribution in [0.1, 0.15) is 37.7 Å². The number of carbonyl (C=O) groups is 1. The zero-order valence-electron chi connectivity index (χ0n) is 17.9. The molecule has 0 aromatic heterocycles. The summed E-state index contributed by atoms with van der Waals surface area (Å²) in [5.74, 6) is 0.00906. The Morgan fingerprint density at radius 3 is 2.16 bits per heavy atom. The molecule has 0 atom stereocenters. The van der Waals surface area contributed by atoms with Crippen molar-refractivity contribution in [2.75, 3.05) is 31.5 Å². The molecule has 0 aliphatic carbocycles. The molecule has 2 heterocycles. The van der Waals surface area contributed by atoms with Crippen molar-refractivity contribution in [2.24, 2.45) is 5.92 Å². The number of likely N-dealkylation sites (tertiary alicyclic amines) is 1. The summed E-state index contributed by atoms with van der Waals surface area (Å²) in [6.07, 6.45) is 4.58. The number of anilines is 1. The minimum absolute atomic E-state index is 0.0104. The van der Waals surface area contributed by atoms with Crippen LogP contribution < -0.4 is 5.32 Å². The molecule has 2 saturated heterocycles. The number of nitrogens with zero attached hydrogens (tertiary/aromatic N) is 2. The topological polar surface area (TPSA) is 69.7 Å². The van der Waals surface area contributed by atoms with Crippen molar-refractivity contribution in [3.05, 3.63) is 60.2 Å². The van der Waals surface area contributed by atoms with Gasteiger partial charge in [0.2, 0.25) is 15.9 Å². The van der Waals surface area contributed by atoms with Crippen LogP contribution in [-0.4, -0.2) is 49.7 Å². The molecule has 0 saturated carbocycles. The molecule has 0 unspecified atom stereocenters. The molecule has 2 aromatic carbocycles. The summed E-state index contributed by atoms with van der Waals surface area (Å²) in [4.78, 5) is 15.4. The number of piperidine rings is 2. The lowest BCUT2D eigenvalue weighted by molar-refractivity contribution is -0.121. The van der Waals surface area contributed by atoms with E-state index in [4.69, 9.17) is 0 Å². The average molecular weight is 442 g/mol. The van der Waals surface area contributed by atoms with Gasteiger partial charge < -0.3 is 5.32 Å². The lowest BCUT2D eigenvalue weighted by atomic mass is 9.95. The number of hydrogen-bond acceptors (Lipinski definition) is 4. The van der Waals surface area contributed by atoms with E-state index >= 15 is 0 Å². The summed E-state index contributed by atoms with van der Waals surface area (Å²) in [5.41, 5.74) is 1.94. The first-order chi connectivity index (χ1) is 15.0. The summed E-state index contributed by atoms with van der Waals surface area (Å²) < 4.78 is 27.1. The normalized spacial score (nSPS) is 19.2. The van der Waals surface area contributed by atoms with Crippen LogP contribution in [0.25, 0.3) is 0 Å². The zero-order chi connectivity index (χ0) is 21.7. The Morgan fingerprint density at radius 2 is 1.52 bits per heavy atom. The van der Waals surface area contributed by atoms with Crippen LogP contribution >= 0.6 is 0 Å². The van der Waals surface area contributed by atoms with E-state index in [2.05, 4.69) is 34.5 Å². The molecule has 1 N–H and O–H groups in total. The largest absolute Gasteiger partial charge is 0.326 e. The molecule has 2 fully saturated rings. The standard InChI is InChI=1S/C24H31N3O3S/c28-24(21-13-17-26(18-14-21)19-20-7-3-1-4-8-20)25-22-9-11-23(12-10-22)31(29,30)27-15-5-2-6-16-27/h1,3-4,7-12,21H,2,5-6,13-19H2,(H,25,28). The van der Waals surface area contributed by atoms with Crippen LogP contribution in [0.3, 0.4) is 0 Å². The van der Waals surface area contributed by atoms with E-state index < -0.39 is 10.0 Å². The first-order valence-electron chi connectivity index (χ1n) is 11.2. The maximum atomic E-state index is 12.8. The van der Waals surface area contributed by atoms with E-state index in [-0.39, 0.29) is 11.8 Å². The molecular formula is C24H31N3O3S. The predicted octanol–water partition coefficient (Wildman–Crippen LogP) is 3.71. The van der Waals surface area contributed by atoms with E-state index in [1.54, 1.807) is 28.6 Å². The second kappa shape index (κ2) is 9.94. The minimum Gasteiger partial charge on any atom is -0.326 e. The Kier molecular flexibility index (Phi) is 7.05. The lowest BCUT2D eigenvalue weighted by Gasteiger charge is -2.31. The summed E-state index contributed by atoms with van der Waals surface area (Å²) >= 11 is 0. The SMILES string of the molecule is O=C(Nc1ccc(S(=O)(=O)N2CCCCC2)cc1)C1CCN(Cc2ccccc2)CC1. The van der Waals surface area contributed by atoms with Gasteiger partial charge >= 0.3 is 0 Å². The molecule has 31 heavy (non-hydrogen) atoms. The van der Waals surface area contributed by atoms with Gasteiger partial charge in [-0.25, -0.2) is 8.42 Å². The molecule has 4 rings (SSSR count). The zero-order valence-corrected chi connectivity index (χ0v) is 18.7. The third-order valence-corrected chi connectivity index (χ3v) is 8.19. The van der Waals surface area contributed by atoms with Crippen LogP contribution in [0, 0.1) is 5.92 Å². The Balaban J connectivity index is 1.29. The maximum Gasteiger partial charge on any atom is 0.243 e. The van der Waals surface area contributed by atoms with E-state index in [1.165, 1.54) is 5.56 Å². The van der Waals surface area contributed by atoms with Crippen molar-refractivity contribution in [1.29, 1.82) is 0 Å². The van der Waals surface area contributed by atoms with Gasteiger partial charge in [0.1, 0.15) is 0 Å². The number of nitrogens with one attached hydrogen (secondary N) is 1. The monoisotopic (exact) mass is 441 g/mol. The van der Waals surface area contributed by atoms with Gasteiger partial charge in [-0.3, -0.25) is 9.69 Å². The van der Waals surface area contributed by atoms with Crippen molar-refractivity contribution < 1.29 is 13.2 Å². The van der Waals surface area contributed by atoms with Crippen LogP contribution in [-0.2, 0) is 21.4 Å². The van der Waals surface area contributed by atoms with Crippen molar-refractivity contribution >= 4 is 21.6 Å². The molecule has 166 valence electrons. The molecule has 1 amide bonds. The fourth-order valence-electron chi connectivity index (χ4n) is 4.40. The van der Waals surface area contributed by atoms with E-state index in [1.807, 2.05) is 6.07 Å². The van der Waals surface area contributed by atoms with E-state index in [0.717, 1.165) is 51.7 Å². The van der Waals surface area contributed by atoms with Gasteiger partial charge in [-0.15, -0.1) is 0 Å². The third kappa shape index (κ3) is 5.53. The Bertz CT molecular complexity index is 963. The van der Waals surface area contributed by atoms with Crippen molar-refractivity contribution in [3.8, 4) is 0 Å². The molecule has 7 heteroatoms. The molecule has 6 nitrogen and oxygen atoms in total. The Morgan fingerprint density at radius 1 is 0.871 bits per heavy atom. The van der Waals surface area contributed by atoms with Gasteiger partial charge in [0.15, 0.2) is 0 Å². The number of carbonyl (C=O) groups excluding carboxylic acids is 1. The van der Waals surface area contributed by atoms with Gasteiger partial charge in [0.25, 0.3) is 0 Å². The van der Waals surface area contributed by atoms with Crippen molar-refractivity contribution in [1.82, 2.24) is 9.21 Å². The van der Waals surface area contributed by atoms with Crippen molar-refractivity contribution in [3.63, 3.8) is 0 Å². The smallest absolute Gasteiger partial charge is 0.243 e. The first kappa shape index (κ1) is 22.0. The average Bonchev–Trinajstić information content (AvgIpc) is 2.81. The predicted molar refractivity (Wildman–Crippen MR) is 122 cm³/mol. The minimum atomic E-state index is -3.44. The molecule has 2 aromatic rings. The van der Waals surface area contributed by atoms with Crippen LogP contribution in [0.5, 0.6) is 0 Å². The second-order valence-electron chi connectivity index (χ2n) is 8.51. The highest BCUT2D eigenvalue weighted by molar-refractivity contribution is 7.89. The first-order valence-corrected chi connectivity index (χ1v) is 12.6. The summed E-state index contributed by atoms with van der Waals surface area (Å²) in [6.45, 7) is 3.90. The second-order valence-corrected chi connectivity index (χ2v) is 10.5. The van der Waals surface area contributed by atoms with E-state index in [0.29, 0.717) is 23.7 Å². The number of sulfonamides is 1. The fourth-order valence-corrected chi connectivity index (χ4v) is 5.92. The number of amides is 1. The number of benzene rings is 2. The fraction of sp³-hybridized carbons (Fsp3) is 0.458. The van der Waals surface area contributed by atoms with Crippen LogP contribution in [0.2, 0.25) is 0 Å². The van der Waals surface area contributed by atoms with Gasteiger partial charge in [-0.1, -0.05) is 36.8 Å². The molecular weight excluding hydrogens is 410 g/mol. The van der Waals surface area contributed by atoms with Gasteiger partial charge in [0, 0.05) is 31.2 Å². The molecule has 0 radical (unpaired) electrons. The molecule has 2 aliphatic heterocycles. The Hall–Kier alpha value is -2.22. The van der Waals surface area contributed by atoms with Crippen LogP contribution in [0.15, 0.2) is 59.5 Å². The highest BCUT2D eigenvalue weighted by Crippen LogP contribution is 2.24. The maximum absolute atomic E-state index is 12.8.